The Morgan fingerprint density at radius 1 is 1.73 bits per heavy atom. The van der Waals surface area contributed by atoms with Gasteiger partial charge in [-0.25, -0.2) is 4.79 Å². The second kappa shape index (κ2) is 3.98. The van der Waals surface area contributed by atoms with E-state index in [0.717, 1.165) is 6.54 Å². The lowest BCUT2D eigenvalue weighted by molar-refractivity contribution is 0.0680. The van der Waals surface area contributed by atoms with Crippen molar-refractivity contribution in [3.8, 4) is 0 Å². The van der Waals surface area contributed by atoms with Crippen LogP contribution >= 0.6 is 0 Å². The van der Waals surface area contributed by atoms with Gasteiger partial charge < -0.3 is 9.63 Å². The normalized spacial score (nSPS) is 22.1. The average molecular weight is 211 g/mol. The van der Waals surface area contributed by atoms with Crippen molar-refractivity contribution in [1.29, 1.82) is 0 Å². The zero-order valence-corrected chi connectivity index (χ0v) is 8.51. The van der Waals surface area contributed by atoms with Crippen molar-refractivity contribution in [2.45, 2.75) is 32.4 Å². The van der Waals surface area contributed by atoms with Crippen LogP contribution in [0.15, 0.2) is 4.52 Å². The number of aromatic nitrogens is 2. The highest BCUT2D eigenvalue weighted by Crippen LogP contribution is 2.18. The van der Waals surface area contributed by atoms with E-state index >= 15 is 0 Å². The monoisotopic (exact) mass is 211 g/mol. The number of likely N-dealkylation sites (tertiary alicyclic amines) is 1. The Bertz CT molecular complexity index is 363. The number of carboxylic acids is 1. The molecule has 0 bridgehead atoms. The molecule has 82 valence electrons. The predicted octanol–water partition coefficient (Wildman–Crippen LogP) is 0.752. The third-order valence-electron chi connectivity index (χ3n) is 2.69. The highest BCUT2D eigenvalue weighted by Gasteiger charge is 2.23. The molecule has 0 aliphatic carbocycles. The third-order valence-corrected chi connectivity index (χ3v) is 2.69. The summed E-state index contributed by atoms with van der Waals surface area (Å²) in [5, 5.41) is 12.0. The minimum absolute atomic E-state index is 0.267. The van der Waals surface area contributed by atoms with Gasteiger partial charge in [0.05, 0.1) is 6.54 Å². The molecule has 15 heavy (non-hydrogen) atoms. The van der Waals surface area contributed by atoms with Gasteiger partial charge in [-0.2, -0.15) is 4.98 Å². The van der Waals surface area contributed by atoms with Crippen molar-refractivity contribution in [2.24, 2.45) is 0 Å². The Balaban J connectivity index is 2.01. The van der Waals surface area contributed by atoms with E-state index in [4.69, 9.17) is 9.63 Å². The van der Waals surface area contributed by atoms with E-state index in [0.29, 0.717) is 18.5 Å². The summed E-state index contributed by atoms with van der Waals surface area (Å²) < 4.78 is 4.85. The van der Waals surface area contributed by atoms with Crippen LogP contribution in [0.3, 0.4) is 0 Å². The molecule has 6 nitrogen and oxygen atoms in total. The summed E-state index contributed by atoms with van der Waals surface area (Å²) in [5.74, 6) is -1.04. The Morgan fingerprint density at radius 3 is 3.07 bits per heavy atom. The van der Waals surface area contributed by atoms with Gasteiger partial charge in [-0.1, -0.05) is 0 Å². The molecule has 1 aliphatic rings. The van der Waals surface area contributed by atoms with Gasteiger partial charge in [0.1, 0.15) is 0 Å². The molecule has 1 aromatic rings. The zero-order valence-electron chi connectivity index (χ0n) is 8.51. The number of carbonyl (C=O) groups is 1. The maximum Gasteiger partial charge on any atom is 0.377 e. The number of rotatable bonds is 3. The molecular formula is C9H13N3O3. The van der Waals surface area contributed by atoms with Gasteiger partial charge in [0, 0.05) is 6.04 Å². The topological polar surface area (TPSA) is 79.5 Å². The smallest absolute Gasteiger partial charge is 0.377 e. The van der Waals surface area contributed by atoms with Crippen LogP contribution in [0.4, 0.5) is 0 Å². The molecule has 1 fully saturated rings. The summed E-state index contributed by atoms with van der Waals surface area (Å²) in [5.41, 5.74) is 0. The van der Waals surface area contributed by atoms with E-state index in [1.807, 2.05) is 0 Å². The Labute approximate surface area is 86.9 Å². The highest BCUT2D eigenvalue weighted by molar-refractivity contribution is 5.82. The van der Waals surface area contributed by atoms with Crippen LogP contribution in [0.2, 0.25) is 0 Å². The van der Waals surface area contributed by atoms with E-state index in [-0.39, 0.29) is 5.82 Å². The molecule has 1 aromatic heterocycles. The van der Waals surface area contributed by atoms with E-state index in [2.05, 4.69) is 22.0 Å². The van der Waals surface area contributed by atoms with Crippen molar-refractivity contribution in [1.82, 2.24) is 15.0 Å². The van der Waals surface area contributed by atoms with E-state index in [1.165, 1.54) is 12.8 Å². The van der Waals surface area contributed by atoms with E-state index in [1.54, 1.807) is 0 Å². The molecule has 1 aliphatic heterocycles. The second-order valence-electron chi connectivity index (χ2n) is 3.78. The summed E-state index contributed by atoms with van der Waals surface area (Å²) >= 11 is 0. The van der Waals surface area contributed by atoms with Crippen molar-refractivity contribution >= 4 is 5.97 Å². The fraction of sp³-hybridized carbons (Fsp3) is 0.667. The molecule has 0 aromatic carbocycles. The van der Waals surface area contributed by atoms with E-state index in [9.17, 15) is 4.79 Å². The van der Waals surface area contributed by atoms with E-state index < -0.39 is 5.97 Å². The van der Waals surface area contributed by atoms with Crippen molar-refractivity contribution in [3.05, 3.63) is 11.7 Å². The maximum atomic E-state index is 10.5. The van der Waals surface area contributed by atoms with Gasteiger partial charge in [0.15, 0.2) is 0 Å². The largest absolute Gasteiger partial charge is 0.475 e. The lowest BCUT2D eigenvalue weighted by Crippen LogP contribution is -2.26. The van der Waals surface area contributed by atoms with Crippen molar-refractivity contribution in [2.75, 3.05) is 6.54 Å². The molecule has 1 saturated heterocycles. The molecule has 2 rings (SSSR count). The number of aromatic carboxylic acids is 1. The van der Waals surface area contributed by atoms with Crippen LogP contribution in [-0.4, -0.2) is 38.7 Å². The molecule has 2 heterocycles. The lowest BCUT2D eigenvalue weighted by Gasteiger charge is -2.17. The van der Waals surface area contributed by atoms with Crippen LogP contribution in [0.1, 0.15) is 36.3 Å². The van der Waals surface area contributed by atoms with Crippen LogP contribution in [0.25, 0.3) is 0 Å². The average Bonchev–Trinajstić information content (AvgIpc) is 2.77. The molecule has 0 radical (unpaired) electrons. The van der Waals surface area contributed by atoms with Gasteiger partial charge in [-0.15, -0.1) is 0 Å². The summed E-state index contributed by atoms with van der Waals surface area (Å²) in [6.07, 6.45) is 2.33. The predicted molar refractivity (Wildman–Crippen MR) is 50.4 cm³/mol. The first-order valence-corrected chi connectivity index (χ1v) is 4.97. The summed E-state index contributed by atoms with van der Waals surface area (Å²) in [7, 11) is 0. The standard InChI is InChI=1S/C9H13N3O3/c1-6-3-2-4-12(6)5-7-10-8(9(13)14)11-15-7/h6H,2-5H2,1H3,(H,13,14). The Kier molecular flexibility index (Phi) is 2.68. The fourth-order valence-electron chi connectivity index (χ4n) is 1.81. The summed E-state index contributed by atoms with van der Waals surface area (Å²) in [4.78, 5) is 16.5. The summed E-state index contributed by atoms with van der Waals surface area (Å²) in [6, 6.07) is 0.505. The molecule has 6 heteroatoms. The number of hydrogen-bond donors (Lipinski definition) is 1. The van der Waals surface area contributed by atoms with Crippen LogP contribution < -0.4 is 0 Å². The van der Waals surface area contributed by atoms with Crippen molar-refractivity contribution < 1.29 is 14.4 Å². The third kappa shape index (κ3) is 2.15. The van der Waals surface area contributed by atoms with Gasteiger partial charge in [-0.3, -0.25) is 4.90 Å². The minimum Gasteiger partial charge on any atom is -0.475 e. The first-order chi connectivity index (χ1) is 7.16. The van der Waals surface area contributed by atoms with Crippen molar-refractivity contribution in [3.63, 3.8) is 0 Å². The molecule has 0 amide bonds. The Morgan fingerprint density at radius 2 is 2.53 bits per heavy atom. The first kappa shape index (κ1) is 10.1. The van der Waals surface area contributed by atoms with Gasteiger partial charge in [-0.05, 0) is 31.5 Å². The Hall–Kier alpha value is -1.43. The van der Waals surface area contributed by atoms with Crippen LogP contribution in [-0.2, 0) is 6.54 Å². The molecule has 1 unspecified atom stereocenters. The van der Waals surface area contributed by atoms with Crippen LogP contribution in [0, 0.1) is 0 Å². The summed E-state index contributed by atoms with van der Waals surface area (Å²) in [6.45, 7) is 3.69. The maximum absolute atomic E-state index is 10.5. The van der Waals surface area contributed by atoms with Gasteiger partial charge in [0.2, 0.25) is 5.89 Å². The van der Waals surface area contributed by atoms with Gasteiger partial charge >= 0.3 is 5.97 Å². The fourth-order valence-corrected chi connectivity index (χ4v) is 1.81. The zero-order chi connectivity index (χ0) is 10.8. The first-order valence-electron chi connectivity index (χ1n) is 4.97. The molecule has 0 spiro atoms. The quantitative estimate of drug-likeness (QED) is 0.794. The van der Waals surface area contributed by atoms with Gasteiger partial charge in [0.25, 0.3) is 5.82 Å². The number of hydrogen-bond acceptors (Lipinski definition) is 5. The molecule has 1 atom stereocenters. The lowest BCUT2D eigenvalue weighted by atomic mass is 10.2. The van der Waals surface area contributed by atoms with Crippen LogP contribution in [0.5, 0.6) is 0 Å². The molecular weight excluding hydrogens is 198 g/mol. The second-order valence-corrected chi connectivity index (χ2v) is 3.78. The number of carboxylic acid groups (broad SMARTS) is 1. The molecule has 0 saturated carbocycles. The number of nitrogens with zero attached hydrogens (tertiary/aromatic N) is 3. The molecule has 1 N–H and O–H groups in total. The SMILES string of the molecule is CC1CCCN1Cc1nc(C(=O)O)no1. The minimum atomic E-state index is -1.15. The highest BCUT2D eigenvalue weighted by atomic mass is 16.5.